The van der Waals surface area contributed by atoms with Gasteiger partial charge in [0.1, 0.15) is 0 Å². The summed E-state index contributed by atoms with van der Waals surface area (Å²) in [4.78, 5) is 21.0. The predicted octanol–water partition coefficient (Wildman–Crippen LogP) is -0.174. The Balaban J connectivity index is 3.17. The van der Waals surface area contributed by atoms with Crippen molar-refractivity contribution in [2.75, 3.05) is 13.1 Å². The largest absolute Gasteiger partial charge is 0.344 e. The molecule has 0 saturated carbocycles. The molecule has 6 heteroatoms. The lowest BCUT2D eigenvalue weighted by Gasteiger charge is -2.01. The van der Waals surface area contributed by atoms with Crippen LogP contribution in [0.4, 0.5) is 0 Å². The van der Waals surface area contributed by atoms with E-state index in [0.29, 0.717) is 13.1 Å². The van der Waals surface area contributed by atoms with Gasteiger partial charge in [-0.1, -0.05) is 12.8 Å². The molecule has 0 aromatic carbocycles. The van der Waals surface area contributed by atoms with Gasteiger partial charge in [0.25, 0.3) is 0 Å². The monoisotopic (exact) mass is 222 g/mol. The van der Waals surface area contributed by atoms with Gasteiger partial charge in [-0.3, -0.25) is 9.59 Å². The first-order valence-electron chi connectivity index (χ1n) is 5.06. The van der Waals surface area contributed by atoms with E-state index in [9.17, 15) is 9.59 Å². The zero-order valence-corrected chi connectivity index (χ0v) is 8.95. The van der Waals surface area contributed by atoms with Gasteiger partial charge in [0.05, 0.1) is 0 Å². The summed E-state index contributed by atoms with van der Waals surface area (Å²) in [6, 6.07) is 2.93. The minimum atomic E-state index is -0.610. The molecule has 0 rings (SSSR count). The first-order valence-corrected chi connectivity index (χ1v) is 5.06. The van der Waals surface area contributed by atoms with E-state index in [1.54, 1.807) is 0 Å². The average molecular weight is 222 g/mol. The summed E-state index contributed by atoms with van der Waals surface area (Å²) >= 11 is 0. The number of hydrogen-bond donors (Lipinski definition) is 2. The van der Waals surface area contributed by atoms with E-state index >= 15 is 0 Å². The molecule has 0 saturated heterocycles. The van der Waals surface area contributed by atoms with Crippen molar-refractivity contribution in [2.45, 2.75) is 25.7 Å². The summed E-state index contributed by atoms with van der Waals surface area (Å²) in [5.74, 6) is -1.22. The van der Waals surface area contributed by atoms with Crippen molar-refractivity contribution >= 4 is 11.8 Å². The number of carbonyl (C=O) groups excluding carboxylic acids is 2. The van der Waals surface area contributed by atoms with Gasteiger partial charge in [0.2, 0.25) is 0 Å². The summed E-state index contributed by atoms with van der Waals surface area (Å²) in [5, 5.41) is 21.2. The molecule has 6 nitrogen and oxygen atoms in total. The quantitative estimate of drug-likeness (QED) is 0.460. The highest BCUT2D eigenvalue weighted by atomic mass is 16.2. The number of nitrogens with zero attached hydrogens (tertiary/aromatic N) is 2. The molecule has 2 N–H and O–H groups in total. The highest BCUT2D eigenvalue weighted by molar-refractivity contribution is 5.91. The van der Waals surface area contributed by atoms with Crippen molar-refractivity contribution in [1.29, 1.82) is 10.5 Å². The normalized spacial score (nSPS) is 8.62. The van der Waals surface area contributed by atoms with E-state index in [1.807, 2.05) is 0 Å². The molecular formula is C10H14N4O2. The molecule has 0 unspecified atom stereocenters. The molecule has 0 radical (unpaired) electrons. The van der Waals surface area contributed by atoms with Gasteiger partial charge in [-0.25, -0.2) is 0 Å². The lowest BCUT2D eigenvalue weighted by molar-refractivity contribution is -0.116. The van der Waals surface area contributed by atoms with Crippen LogP contribution in [-0.4, -0.2) is 24.9 Å². The Morgan fingerprint density at radius 1 is 0.812 bits per heavy atom. The Bertz CT molecular complexity index is 282. The standard InChI is InChI=1S/C10H14N4O2/c11-7-9(15)13-5-3-1-2-4-6-14-10(16)8-12/h1-6H2,(H,13,15)(H,14,16). The van der Waals surface area contributed by atoms with Gasteiger partial charge in [-0.15, -0.1) is 0 Å². The van der Waals surface area contributed by atoms with E-state index < -0.39 is 11.8 Å². The fourth-order valence-electron chi connectivity index (χ4n) is 1.09. The molecule has 0 aromatic heterocycles. The summed E-state index contributed by atoms with van der Waals surface area (Å²) in [7, 11) is 0. The van der Waals surface area contributed by atoms with E-state index in [4.69, 9.17) is 10.5 Å². The lowest BCUT2D eigenvalue weighted by Crippen LogP contribution is -2.23. The molecule has 0 aliphatic rings. The Kier molecular flexibility index (Phi) is 8.24. The number of amides is 2. The van der Waals surface area contributed by atoms with E-state index in [2.05, 4.69) is 10.6 Å². The Hall–Kier alpha value is -2.08. The maximum Gasteiger partial charge on any atom is 0.322 e. The highest BCUT2D eigenvalue weighted by Crippen LogP contribution is 1.97. The third kappa shape index (κ3) is 8.52. The van der Waals surface area contributed by atoms with Crippen LogP contribution >= 0.6 is 0 Å². The number of rotatable bonds is 7. The van der Waals surface area contributed by atoms with Gasteiger partial charge >= 0.3 is 11.8 Å². The number of carbonyl (C=O) groups is 2. The van der Waals surface area contributed by atoms with Crippen molar-refractivity contribution in [1.82, 2.24) is 10.6 Å². The summed E-state index contributed by atoms with van der Waals surface area (Å²) in [6.07, 6.45) is 3.43. The second-order valence-electron chi connectivity index (χ2n) is 3.15. The van der Waals surface area contributed by atoms with Crippen LogP contribution in [0, 0.1) is 22.7 Å². The van der Waals surface area contributed by atoms with Crippen LogP contribution in [0.3, 0.4) is 0 Å². The Morgan fingerprint density at radius 3 is 1.50 bits per heavy atom. The molecule has 0 spiro atoms. The fourth-order valence-corrected chi connectivity index (χ4v) is 1.09. The molecule has 0 fully saturated rings. The molecular weight excluding hydrogens is 208 g/mol. The summed E-state index contributed by atoms with van der Waals surface area (Å²) < 4.78 is 0. The maximum atomic E-state index is 10.5. The van der Waals surface area contributed by atoms with Crippen molar-refractivity contribution in [3.05, 3.63) is 0 Å². The van der Waals surface area contributed by atoms with Crippen molar-refractivity contribution in [3.8, 4) is 12.1 Å². The van der Waals surface area contributed by atoms with Gasteiger partial charge in [-0.2, -0.15) is 10.5 Å². The number of hydrogen-bond acceptors (Lipinski definition) is 4. The van der Waals surface area contributed by atoms with Crippen molar-refractivity contribution in [2.24, 2.45) is 0 Å². The second kappa shape index (κ2) is 9.47. The molecule has 0 aliphatic heterocycles. The van der Waals surface area contributed by atoms with E-state index in [-0.39, 0.29) is 0 Å². The second-order valence-corrected chi connectivity index (χ2v) is 3.15. The Labute approximate surface area is 94.2 Å². The highest BCUT2D eigenvalue weighted by Gasteiger charge is 1.97. The third-order valence-electron chi connectivity index (χ3n) is 1.88. The minimum Gasteiger partial charge on any atom is -0.344 e. The molecule has 0 bridgehead atoms. The topological polar surface area (TPSA) is 106 Å². The fraction of sp³-hybridized carbons (Fsp3) is 0.600. The SMILES string of the molecule is N#CC(=O)NCCCCCCNC(=O)C#N. The summed E-state index contributed by atoms with van der Waals surface area (Å²) in [6.45, 7) is 0.994. The van der Waals surface area contributed by atoms with Crippen LogP contribution in [0.2, 0.25) is 0 Å². The van der Waals surface area contributed by atoms with Crippen molar-refractivity contribution < 1.29 is 9.59 Å². The van der Waals surface area contributed by atoms with Gasteiger partial charge in [0.15, 0.2) is 12.1 Å². The first-order chi connectivity index (χ1) is 7.70. The molecule has 0 atom stereocenters. The zero-order chi connectivity index (χ0) is 12.2. The Morgan fingerprint density at radius 2 is 1.19 bits per heavy atom. The van der Waals surface area contributed by atoms with E-state index in [1.165, 1.54) is 12.1 Å². The smallest absolute Gasteiger partial charge is 0.322 e. The molecule has 16 heavy (non-hydrogen) atoms. The first kappa shape index (κ1) is 13.9. The molecule has 0 aliphatic carbocycles. The summed E-state index contributed by atoms with van der Waals surface area (Å²) in [5.41, 5.74) is 0. The number of nitriles is 2. The van der Waals surface area contributed by atoms with Crippen molar-refractivity contribution in [3.63, 3.8) is 0 Å². The molecule has 86 valence electrons. The van der Waals surface area contributed by atoms with E-state index in [0.717, 1.165) is 25.7 Å². The van der Waals surface area contributed by atoms with Gasteiger partial charge in [-0.05, 0) is 12.8 Å². The van der Waals surface area contributed by atoms with Gasteiger partial charge < -0.3 is 10.6 Å². The zero-order valence-electron chi connectivity index (χ0n) is 8.95. The van der Waals surface area contributed by atoms with Crippen LogP contribution < -0.4 is 10.6 Å². The van der Waals surface area contributed by atoms with Crippen LogP contribution in [-0.2, 0) is 9.59 Å². The van der Waals surface area contributed by atoms with Gasteiger partial charge in [0, 0.05) is 13.1 Å². The maximum absolute atomic E-state index is 10.5. The van der Waals surface area contributed by atoms with Crippen LogP contribution in [0.1, 0.15) is 25.7 Å². The predicted molar refractivity (Wildman–Crippen MR) is 55.7 cm³/mol. The molecule has 0 aromatic rings. The van der Waals surface area contributed by atoms with Crippen LogP contribution in [0.5, 0.6) is 0 Å². The molecule has 2 amide bonds. The lowest BCUT2D eigenvalue weighted by atomic mass is 10.2. The number of unbranched alkanes of at least 4 members (excludes halogenated alkanes) is 3. The number of nitrogens with one attached hydrogen (secondary N) is 2. The average Bonchev–Trinajstić information content (AvgIpc) is 2.31. The molecule has 0 heterocycles. The van der Waals surface area contributed by atoms with Crippen LogP contribution in [0.25, 0.3) is 0 Å². The third-order valence-corrected chi connectivity index (χ3v) is 1.88. The minimum absolute atomic E-state index is 0.497. The van der Waals surface area contributed by atoms with Crippen LogP contribution in [0.15, 0.2) is 0 Å².